The highest BCUT2D eigenvalue weighted by molar-refractivity contribution is 5.75. The fraction of sp³-hybridized carbons (Fsp3) is 0.542. The third-order valence-electron chi connectivity index (χ3n) is 5.36. The van der Waals surface area contributed by atoms with Crippen molar-refractivity contribution in [2.75, 3.05) is 13.2 Å². The van der Waals surface area contributed by atoms with Gasteiger partial charge in [0.05, 0.1) is 12.2 Å². The van der Waals surface area contributed by atoms with Crippen molar-refractivity contribution in [2.45, 2.75) is 57.3 Å². The Morgan fingerprint density at radius 2 is 2.00 bits per heavy atom. The Kier molecular flexibility index (Phi) is 10.6. The molecule has 30 heavy (non-hydrogen) atoms. The third kappa shape index (κ3) is 8.30. The molecule has 6 nitrogen and oxygen atoms in total. The molecule has 1 unspecified atom stereocenters. The molecule has 0 heterocycles. The molecule has 2 rings (SSSR count). The number of rotatable bonds is 12. The monoisotopic (exact) mass is 417 g/mol. The number of aliphatic hydroxyl groups excluding tert-OH is 3. The van der Waals surface area contributed by atoms with Crippen LogP contribution >= 0.6 is 0 Å². The zero-order valence-corrected chi connectivity index (χ0v) is 17.7. The van der Waals surface area contributed by atoms with E-state index in [1.807, 2.05) is 49.4 Å². The Balaban J connectivity index is 1.78. The van der Waals surface area contributed by atoms with Gasteiger partial charge in [0, 0.05) is 25.3 Å². The Bertz CT molecular complexity index is 675. The van der Waals surface area contributed by atoms with Gasteiger partial charge in [0.2, 0.25) is 5.91 Å². The van der Waals surface area contributed by atoms with Crippen molar-refractivity contribution >= 4 is 5.91 Å². The first-order valence-corrected chi connectivity index (χ1v) is 10.8. The van der Waals surface area contributed by atoms with E-state index >= 15 is 0 Å². The quantitative estimate of drug-likeness (QED) is 0.310. The zero-order valence-electron chi connectivity index (χ0n) is 17.7. The lowest BCUT2D eigenvalue weighted by molar-refractivity contribution is -0.121. The van der Waals surface area contributed by atoms with Gasteiger partial charge in [0.1, 0.15) is 18.5 Å². The van der Waals surface area contributed by atoms with Crippen LogP contribution in [0.15, 0.2) is 54.6 Å². The van der Waals surface area contributed by atoms with Crippen molar-refractivity contribution < 1.29 is 24.9 Å². The van der Waals surface area contributed by atoms with Crippen molar-refractivity contribution in [1.82, 2.24) is 5.32 Å². The highest BCUT2D eigenvalue weighted by atomic mass is 16.5. The summed E-state index contributed by atoms with van der Waals surface area (Å²) >= 11 is 0. The number of carbonyl (C=O) groups excluding carboxylic acids is 1. The van der Waals surface area contributed by atoms with E-state index in [1.165, 1.54) is 0 Å². The van der Waals surface area contributed by atoms with Gasteiger partial charge in [-0.1, -0.05) is 42.5 Å². The summed E-state index contributed by atoms with van der Waals surface area (Å²) < 4.78 is 5.54. The van der Waals surface area contributed by atoms with Gasteiger partial charge in [-0.3, -0.25) is 4.79 Å². The summed E-state index contributed by atoms with van der Waals surface area (Å²) in [7, 11) is 0. The highest BCUT2D eigenvalue weighted by Crippen LogP contribution is 2.36. The number of amides is 1. The number of unbranched alkanes of at least 4 members (excludes halogenated alkanes) is 1. The number of aliphatic hydroxyl groups is 3. The average Bonchev–Trinajstić information content (AvgIpc) is 3.00. The molecular weight excluding hydrogens is 382 g/mol. The van der Waals surface area contributed by atoms with Gasteiger partial charge in [-0.15, -0.1) is 0 Å². The number of carbonyl (C=O) groups is 1. The van der Waals surface area contributed by atoms with E-state index in [-0.39, 0.29) is 24.3 Å². The van der Waals surface area contributed by atoms with E-state index in [4.69, 9.17) is 4.74 Å². The largest absolute Gasteiger partial charge is 0.491 e. The van der Waals surface area contributed by atoms with Crippen molar-refractivity contribution in [2.24, 2.45) is 11.8 Å². The second kappa shape index (κ2) is 13.2. The number of hydrogen-bond acceptors (Lipinski definition) is 5. The third-order valence-corrected chi connectivity index (χ3v) is 5.36. The molecular formula is C24H35NO5. The van der Waals surface area contributed by atoms with Crippen molar-refractivity contribution in [3.63, 3.8) is 0 Å². The van der Waals surface area contributed by atoms with E-state index in [1.54, 1.807) is 12.2 Å². The van der Waals surface area contributed by atoms with Crippen LogP contribution in [0.5, 0.6) is 5.75 Å². The topological polar surface area (TPSA) is 99.0 Å². The molecule has 1 saturated carbocycles. The first-order chi connectivity index (χ1) is 14.5. The number of benzene rings is 1. The molecule has 166 valence electrons. The molecule has 0 bridgehead atoms. The number of nitrogens with one attached hydrogen (secondary N) is 1. The van der Waals surface area contributed by atoms with Crippen molar-refractivity contribution in [3.05, 3.63) is 54.6 Å². The molecule has 1 aliphatic rings. The second-order valence-electron chi connectivity index (χ2n) is 7.74. The molecule has 0 radical (unpaired) electrons. The normalized spacial score (nSPS) is 25.1. The zero-order chi connectivity index (χ0) is 21.8. The molecule has 1 fully saturated rings. The fourth-order valence-corrected chi connectivity index (χ4v) is 3.75. The molecule has 4 N–H and O–H groups in total. The summed E-state index contributed by atoms with van der Waals surface area (Å²) in [5.41, 5.74) is 0. The van der Waals surface area contributed by atoms with Gasteiger partial charge in [-0.25, -0.2) is 0 Å². The van der Waals surface area contributed by atoms with Crippen LogP contribution < -0.4 is 10.1 Å². The van der Waals surface area contributed by atoms with Crippen LogP contribution in [0.2, 0.25) is 0 Å². The molecule has 0 aromatic heterocycles. The molecule has 5 atom stereocenters. The Morgan fingerprint density at radius 1 is 1.23 bits per heavy atom. The van der Waals surface area contributed by atoms with Gasteiger partial charge in [0.15, 0.2) is 0 Å². The van der Waals surface area contributed by atoms with E-state index in [0.29, 0.717) is 31.6 Å². The highest BCUT2D eigenvalue weighted by Gasteiger charge is 2.39. The SMILES string of the molecule is CCNC(=O)CCCC=CC[C@@H]1[C@@H](C=CC(O)COc2ccccc2)[C@H](O)C[C@@H]1O. The number of ether oxygens (including phenoxy) is 1. The van der Waals surface area contributed by atoms with E-state index in [0.717, 1.165) is 12.8 Å². The van der Waals surface area contributed by atoms with Crippen LogP contribution in [0.1, 0.15) is 39.0 Å². The summed E-state index contributed by atoms with van der Waals surface area (Å²) in [5, 5.41) is 33.6. The average molecular weight is 418 g/mol. The van der Waals surface area contributed by atoms with Crippen LogP contribution in [-0.4, -0.2) is 52.7 Å². The predicted octanol–water partition coefficient (Wildman–Crippen LogP) is 2.59. The smallest absolute Gasteiger partial charge is 0.219 e. The lowest BCUT2D eigenvalue weighted by Gasteiger charge is -2.19. The minimum atomic E-state index is -0.791. The van der Waals surface area contributed by atoms with E-state index in [9.17, 15) is 20.1 Å². The standard InChI is InChI=1S/C24H35NO5/c1-2-25-24(29)13-9-4-3-8-12-20-21(23(28)16-22(20)27)15-14-18(26)17-30-19-10-6-5-7-11-19/h3,5-8,10-11,14-15,18,20-23,26-28H,2,4,9,12-13,16-17H2,1H3,(H,25,29)/t18?,20-,21-,22+,23-/m1/s1. The molecule has 6 heteroatoms. The lowest BCUT2D eigenvalue weighted by Crippen LogP contribution is -2.22. The predicted molar refractivity (Wildman–Crippen MR) is 117 cm³/mol. The maximum atomic E-state index is 11.4. The second-order valence-corrected chi connectivity index (χ2v) is 7.74. The van der Waals surface area contributed by atoms with Gasteiger partial charge < -0.3 is 25.4 Å². The van der Waals surface area contributed by atoms with Crippen LogP contribution in [0.25, 0.3) is 0 Å². The molecule has 1 aromatic rings. The van der Waals surface area contributed by atoms with Gasteiger partial charge in [-0.2, -0.15) is 0 Å². The van der Waals surface area contributed by atoms with Crippen LogP contribution in [0.3, 0.4) is 0 Å². The molecule has 1 amide bonds. The van der Waals surface area contributed by atoms with Crippen molar-refractivity contribution in [3.8, 4) is 5.75 Å². The Morgan fingerprint density at radius 3 is 2.73 bits per heavy atom. The maximum absolute atomic E-state index is 11.4. The number of hydrogen-bond donors (Lipinski definition) is 4. The van der Waals surface area contributed by atoms with Gasteiger partial charge >= 0.3 is 0 Å². The molecule has 0 aliphatic heterocycles. The number of allylic oxidation sites excluding steroid dienone is 2. The lowest BCUT2D eigenvalue weighted by atomic mass is 9.89. The first-order valence-electron chi connectivity index (χ1n) is 10.8. The molecule has 0 saturated heterocycles. The minimum Gasteiger partial charge on any atom is -0.491 e. The minimum absolute atomic E-state index is 0.0697. The van der Waals surface area contributed by atoms with Gasteiger partial charge in [-0.05, 0) is 44.2 Å². The van der Waals surface area contributed by atoms with E-state index in [2.05, 4.69) is 5.32 Å². The van der Waals surface area contributed by atoms with Crippen LogP contribution in [0.4, 0.5) is 0 Å². The molecule has 1 aromatic carbocycles. The number of para-hydroxylation sites is 1. The Labute approximate surface area is 179 Å². The summed E-state index contributed by atoms with van der Waals surface area (Å²) in [6.07, 6.45) is 8.56. The maximum Gasteiger partial charge on any atom is 0.219 e. The molecule has 0 spiro atoms. The fourth-order valence-electron chi connectivity index (χ4n) is 3.75. The summed E-state index contributed by atoms with van der Waals surface area (Å²) in [5.74, 6) is 0.446. The van der Waals surface area contributed by atoms with Crippen molar-refractivity contribution in [1.29, 1.82) is 0 Å². The Hall–Kier alpha value is -2.15. The summed E-state index contributed by atoms with van der Waals surface area (Å²) in [6, 6.07) is 9.28. The van der Waals surface area contributed by atoms with E-state index < -0.39 is 18.3 Å². The summed E-state index contributed by atoms with van der Waals surface area (Å²) in [6.45, 7) is 2.68. The van der Waals surface area contributed by atoms with Crippen LogP contribution in [0, 0.1) is 11.8 Å². The van der Waals surface area contributed by atoms with Gasteiger partial charge in [0.25, 0.3) is 0 Å². The van der Waals surface area contributed by atoms with Crippen LogP contribution in [-0.2, 0) is 4.79 Å². The first kappa shape index (κ1) is 24.1. The summed E-state index contributed by atoms with van der Waals surface area (Å²) in [4.78, 5) is 11.4. The molecule has 1 aliphatic carbocycles.